The van der Waals surface area contributed by atoms with Crippen molar-refractivity contribution >= 4 is 11.9 Å². The van der Waals surface area contributed by atoms with Gasteiger partial charge in [0, 0.05) is 5.56 Å². The number of hydrogen-bond donors (Lipinski definition) is 2. The van der Waals surface area contributed by atoms with E-state index in [9.17, 15) is 9.59 Å². The van der Waals surface area contributed by atoms with Gasteiger partial charge in [0.25, 0.3) is 0 Å². The van der Waals surface area contributed by atoms with Crippen molar-refractivity contribution in [3.8, 4) is 11.3 Å². The summed E-state index contributed by atoms with van der Waals surface area (Å²) >= 11 is 0. The molecule has 22 heavy (non-hydrogen) atoms. The Morgan fingerprint density at radius 2 is 2.05 bits per heavy atom. The van der Waals surface area contributed by atoms with Gasteiger partial charge in [0.2, 0.25) is 11.8 Å². The molecule has 1 heterocycles. The van der Waals surface area contributed by atoms with Gasteiger partial charge in [-0.05, 0) is 13.3 Å². The Labute approximate surface area is 127 Å². The van der Waals surface area contributed by atoms with Crippen LogP contribution >= 0.6 is 0 Å². The summed E-state index contributed by atoms with van der Waals surface area (Å²) in [5.41, 5.74) is 0.910. The molecule has 1 amide bonds. The molecule has 2 N–H and O–H groups in total. The number of amides is 1. The van der Waals surface area contributed by atoms with Crippen LogP contribution in [0.5, 0.6) is 0 Å². The summed E-state index contributed by atoms with van der Waals surface area (Å²) in [7, 11) is 0. The number of oxazole rings is 1. The lowest BCUT2D eigenvalue weighted by atomic mass is 10.2. The predicted molar refractivity (Wildman–Crippen MR) is 77.7 cm³/mol. The van der Waals surface area contributed by atoms with Crippen molar-refractivity contribution in [2.24, 2.45) is 11.8 Å². The molecule has 1 fully saturated rings. The van der Waals surface area contributed by atoms with E-state index in [1.54, 1.807) is 13.1 Å². The van der Waals surface area contributed by atoms with Gasteiger partial charge in [0.1, 0.15) is 6.04 Å². The van der Waals surface area contributed by atoms with Crippen LogP contribution in [0.1, 0.15) is 25.3 Å². The molecule has 0 aliphatic heterocycles. The summed E-state index contributed by atoms with van der Waals surface area (Å²) in [4.78, 5) is 26.9. The number of rotatable bonds is 5. The number of carbonyl (C=O) groups excluding carboxylic acids is 1. The Morgan fingerprint density at radius 3 is 2.68 bits per heavy atom. The molecule has 1 saturated carbocycles. The zero-order chi connectivity index (χ0) is 15.7. The molecule has 114 valence electrons. The molecular weight excluding hydrogens is 284 g/mol. The average Bonchev–Trinajstić information content (AvgIpc) is 3.18. The third-order valence-electron chi connectivity index (χ3n) is 3.76. The summed E-state index contributed by atoms with van der Waals surface area (Å²) in [6.07, 6.45) is 2.01. The Bertz CT molecular complexity index is 695. The minimum atomic E-state index is -0.921. The average molecular weight is 300 g/mol. The summed E-state index contributed by atoms with van der Waals surface area (Å²) in [6.45, 7) is 1.76. The van der Waals surface area contributed by atoms with Gasteiger partial charge < -0.3 is 14.8 Å². The molecule has 0 saturated heterocycles. The number of aromatic nitrogens is 1. The van der Waals surface area contributed by atoms with Crippen molar-refractivity contribution in [2.45, 2.75) is 19.4 Å². The smallest absolute Gasteiger partial charge is 0.307 e. The van der Waals surface area contributed by atoms with Gasteiger partial charge in [0.05, 0.1) is 18.0 Å². The quantitative estimate of drug-likeness (QED) is 0.883. The maximum atomic E-state index is 11.9. The summed E-state index contributed by atoms with van der Waals surface area (Å²) in [5.74, 6) is -1.15. The van der Waals surface area contributed by atoms with E-state index < -0.39 is 23.8 Å². The minimum absolute atomic E-state index is 0.264. The van der Waals surface area contributed by atoms with E-state index in [0.29, 0.717) is 18.1 Å². The standard InChI is InChI=1S/C16H16N2O4/c1-9(18-14(19)11-7-12(11)16(20)21)15-17-8-13(22-15)10-5-3-2-4-6-10/h2-6,8-9,11-12H,7H2,1H3,(H,18,19)(H,20,21)/t9-,11+,12+/m0/s1. The molecule has 6 heteroatoms. The van der Waals surface area contributed by atoms with E-state index in [0.717, 1.165) is 5.56 Å². The number of nitrogens with one attached hydrogen (secondary N) is 1. The van der Waals surface area contributed by atoms with Crippen LogP contribution in [-0.4, -0.2) is 22.0 Å². The molecule has 3 rings (SSSR count). The van der Waals surface area contributed by atoms with Crippen molar-refractivity contribution in [2.75, 3.05) is 0 Å². The number of carboxylic acid groups (broad SMARTS) is 1. The third kappa shape index (κ3) is 2.86. The maximum Gasteiger partial charge on any atom is 0.307 e. The Balaban J connectivity index is 1.64. The number of carbonyl (C=O) groups is 2. The van der Waals surface area contributed by atoms with Gasteiger partial charge in [-0.25, -0.2) is 4.98 Å². The summed E-state index contributed by atoms with van der Waals surface area (Å²) in [6, 6.07) is 9.15. The first-order valence-electron chi connectivity index (χ1n) is 7.10. The van der Waals surface area contributed by atoms with E-state index in [1.165, 1.54) is 0 Å². The van der Waals surface area contributed by atoms with E-state index in [1.807, 2.05) is 30.3 Å². The second kappa shape index (κ2) is 5.63. The second-order valence-electron chi connectivity index (χ2n) is 5.45. The van der Waals surface area contributed by atoms with Crippen molar-refractivity contribution in [3.05, 3.63) is 42.4 Å². The zero-order valence-electron chi connectivity index (χ0n) is 12.0. The third-order valence-corrected chi connectivity index (χ3v) is 3.76. The first kappa shape index (κ1) is 14.3. The van der Waals surface area contributed by atoms with Gasteiger partial charge in [-0.1, -0.05) is 30.3 Å². The van der Waals surface area contributed by atoms with Crippen LogP contribution in [0.3, 0.4) is 0 Å². The maximum absolute atomic E-state index is 11.9. The number of benzene rings is 1. The fourth-order valence-corrected chi connectivity index (χ4v) is 2.36. The Kier molecular flexibility index (Phi) is 3.66. The Morgan fingerprint density at radius 1 is 1.32 bits per heavy atom. The summed E-state index contributed by atoms with van der Waals surface area (Å²) in [5, 5.41) is 11.6. The number of aliphatic carboxylic acids is 1. The first-order chi connectivity index (χ1) is 10.6. The van der Waals surface area contributed by atoms with Crippen LogP contribution in [0.2, 0.25) is 0 Å². The molecular formula is C16H16N2O4. The number of hydrogen-bond acceptors (Lipinski definition) is 4. The molecule has 0 radical (unpaired) electrons. The first-order valence-corrected chi connectivity index (χ1v) is 7.10. The van der Waals surface area contributed by atoms with E-state index in [-0.39, 0.29) is 5.91 Å². The molecule has 0 bridgehead atoms. The lowest BCUT2D eigenvalue weighted by Crippen LogP contribution is -2.29. The number of nitrogens with zero attached hydrogens (tertiary/aromatic N) is 1. The fraction of sp³-hybridized carbons (Fsp3) is 0.312. The molecule has 1 aliphatic carbocycles. The van der Waals surface area contributed by atoms with Crippen LogP contribution in [0.25, 0.3) is 11.3 Å². The van der Waals surface area contributed by atoms with Gasteiger partial charge in [-0.3, -0.25) is 9.59 Å². The topological polar surface area (TPSA) is 92.4 Å². The summed E-state index contributed by atoms with van der Waals surface area (Å²) < 4.78 is 5.66. The van der Waals surface area contributed by atoms with Gasteiger partial charge >= 0.3 is 5.97 Å². The van der Waals surface area contributed by atoms with Crippen molar-refractivity contribution in [1.82, 2.24) is 10.3 Å². The highest BCUT2D eigenvalue weighted by molar-refractivity contribution is 5.89. The van der Waals surface area contributed by atoms with Gasteiger partial charge in [0.15, 0.2) is 5.76 Å². The van der Waals surface area contributed by atoms with Crippen molar-refractivity contribution in [3.63, 3.8) is 0 Å². The highest BCUT2D eigenvalue weighted by Crippen LogP contribution is 2.39. The molecule has 0 unspecified atom stereocenters. The molecule has 0 spiro atoms. The van der Waals surface area contributed by atoms with E-state index in [2.05, 4.69) is 10.3 Å². The SMILES string of the molecule is C[C@H](NC(=O)[C@@H]1C[C@H]1C(=O)O)c1ncc(-c2ccccc2)o1. The minimum Gasteiger partial charge on any atom is -0.481 e. The molecule has 3 atom stereocenters. The normalized spacial score (nSPS) is 21.1. The van der Waals surface area contributed by atoms with Crippen molar-refractivity contribution in [1.29, 1.82) is 0 Å². The van der Waals surface area contributed by atoms with E-state index in [4.69, 9.17) is 9.52 Å². The van der Waals surface area contributed by atoms with Crippen LogP contribution in [0.15, 0.2) is 40.9 Å². The van der Waals surface area contributed by atoms with Crippen LogP contribution in [0, 0.1) is 11.8 Å². The van der Waals surface area contributed by atoms with Crippen LogP contribution in [0.4, 0.5) is 0 Å². The highest BCUT2D eigenvalue weighted by Gasteiger charge is 2.48. The highest BCUT2D eigenvalue weighted by atomic mass is 16.4. The largest absolute Gasteiger partial charge is 0.481 e. The molecule has 1 aromatic heterocycles. The number of carboxylic acids is 1. The van der Waals surface area contributed by atoms with Crippen molar-refractivity contribution < 1.29 is 19.1 Å². The van der Waals surface area contributed by atoms with Crippen LogP contribution in [-0.2, 0) is 9.59 Å². The molecule has 1 aliphatic rings. The lowest BCUT2D eigenvalue weighted by Gasteiger charge is -2.09. The monoisotopic (exact) mass is 300 g/mol. The van der Waals surface area contributed by atoms with Gasteiger partial charge in [-0.15, -0.1) is 0 Å². The second-order valence-corrected chi connectivity index (χ2v) is 5.45. The lowest BCUT2D eigenvalue weighted by molar-refractivity contribution is -0.140. The fourth-order valence-electron chi connectivity index (χ4n) is 2.36. The zero-order valence-corrected chi connectivity index (χ0v) is 12.0. The predicted octanol–water partition coefficient (Wildman–Crippen LogP) is 2.24. The van der Waals surface area contributed by atoms with Crippen LogP contribution < -0.4 is 5.32 Å². The van der Waals surface area contributed by atoms with Gasteiger partial charge in [-0.2, -0.15) is 0 Å². The van der Waals surface area contributed by atoms with E-state index >= 15 is 0 Å². The Hall–Kier alpha value is -2.63. The molecule has 6 nitrogen and oxygen atoms in total. The molecule has 2 aromatic rings. The molecule has 1 aromatic carbocycles.